The van der Waals surface area contributed by atoms with E-state index in [-0.39, 0.29) is 5.91 Å². The molecule has 1 fully saturated rings. The second-order valence-electron chi connectivity index (χ2n) is 5.63. The van der Waals surface area contributed by atoms with Gasteiger partial charge in [0.1, 0.15) is 5.75 Å². The minimum atomic E-state index is -0.0363. The van der Waals surface area contributed by atoms with E-state index in [2.05, 4.69) is 10.6 Å². The first-order chi connectivity index (χ1) is 10.2. The van der Waals surface area contributed by atoms with Crippen LogP contribution in [0.25, 0.3) is 0 Å². The molecule has 0 heterocycles. The summed E-state index contributed by atoms with van der Waals surface area (Å²) in [5.74, 6) is 0.697. The SMILES string of the molecule is COCCC1(CNCC(=O)Nc2cccc(OC)c2)CC1. The molecule has 0 radical (unpaired) electrons. The summed E-state index contributed by atoms with van der Waals surface area (Å²) < 4.78 is 10.3. The van der Waals surface area contributed by atoms with Crippen molar-refractivity contribution in [2.75, 3.05) is 39.2 Å². The highest BCUT2D eigenvalue weighted by atomic mass is 16.5. The van der Waals surface area contributed by atoms with Crippen LogP contribution in [-0.2, 0) is 9.53 Å². The van der Waals surface area contributed by atoms with Gasteiger partial charge in [0.2, 0.25) is 5.91 Å². The van der Waals surface area contributed by atoms with Gasteiger partial charge in [0, 0.05) is 32.0 Å². The number of amides is 1. The van der Waals surface area contributed by atoms with Gasteiger partial charge in [-0.15, -0.1) is 0 Å². The highest BCUT2D eigenvalue weighted by Gasteiger charge is 2.41. The van der Waals surface area contributed by atoms with E-state index in [1.807, 2.05) is 18.2 Å². The van der Waals surface area contributed by atoms with E-state index in [0.29, 0.717) is 12.0 Å². The summed E-state index contributed by atoms with van der Waals surface area (Å²) >= 11 is 0. The molecule has 5 nitrogen and oxygen atoms in total. The van der Waals surface area contributed by atoms with Gasteiger partial charge in [-0.2, -0.15) is 0 Å². The van der Waals surface area contributed by atoms with Gasteiger partial charge >= 0.3 is 0 Å². The highest BCUT2D eigenvalue weighted by molar-refractivity contribution is 5.92. The number of rotatable bonds is 9. The van der Waals surface area contributed by atoms with E-state index < -0.39 is 0 Å². The van der Waals surface area contributed by atoms with E-state index in [1.54, 1.807) is 20.3 Å². The van der Waals surface area contributed by atoms with E-state index in [0.717, 1.165) is 31.0 Å². The first kappa shape index (κ1) is 15.8. The average Bonchev–Trinajstić information content (AvgIpc) is 3.25. The van der Waals surface area contributed by atoms with Gasteiger partial charge in [0.15, 0.2) is 0 Å². The van der Waals surface area contributed by atoms with Gasteiger partial charge < -0.3 is 20.1 Å². The monoisotopic (exact) mass is 292 g/mol. The molecular formula is C16H24N2O3. The predicted octanol–water partition coefficient (Wildman–Crippen LogP) is 2.04. The molecule has 1 saturated carbocycles. The third-order valence-corrected chi connectivity index (χ3v) is 3.93. The fraction of sp³-hybridized carbons (Fsp3) is 0.562. The second-order valence-corrected chi connectivity index (χ2v) is 5.63. The smallest absolute Gasteiger partial charge is 0.238 e. The molecule has 0 spiro atoms. The lowest BCUT2D eigenvalue weighted by Gasteiger charge is -2.15. The molecule has 2 rings (SSSR count). The molecule has 0 unspecified atom stereocenters. The van der Waals surface area contributed by atoms with Crippen molar-refractivity contribution in [1.29, 1.82) is 0 Å². The standard InChI is InChI=1S/C16H24N2O3/c1-20-9-8-16(6-7-16)12-17-11-15(19)18-13-4-3-5-14(10-13)21-2/h3-5,10,17H,6-9,11-12H2,1-2H3,(H,18,19). The predicted molar refractivity (Wildman–Crippen MR) is 82.7 cm³/mol. The van der Waals surface area contributed by atoms with E-state index in [4.69, 9.17) is 9.47 Å². The fourth-order valence-electron chi connectivity index (χ4n) is 2.36. The molecule has 21 heavy (non-hydrogen) atoms. The Morgan fingerprint density at radius 3 is 2.81 bits per heavy atom. The summed E-state index contributed by atoms with van der Waals surface area (Å²) in [6.07, 6.45) is 3.51. The number of anilines is 1. The van der Waals surface area contributed by atoms with Crippen LogP contribution in [0.4, 0.5) is 5.69 Å². The van der Waals surface area contributed by atoms with Crippen molar-refractivity contribution < 1.29 is 14.3 Å². The van der Waals surface area contributed by atoms with Crippen molar-refractivity contribution in [3.05, 3.63) is 24.3 Å². The van der Waals surface area contributed by atoms with Crippen LogP contribution in [-0.4, -0.2) is 39.8 Å². The molecule has 5 heteroatoms. The van der Waals surface area contributed by atoms with Crippen LogP contribution in [0.2, 0.25) is 0 Å². The van der Waals surface area contributed by atoms with Crippen molar-refractivity contribution in [2.45, 2.75) is 19.3 Å². The summed E-state index contributed by atoms with van der Waals surface area (Å²) in [6, 6.07) is 7.35. The van der Waals surface area contributed by atoms with Crippen LogP contribution in [0, 0.1) is 5.41 Å². The van der Waals surface area contributed by atoms with Crippen molar-refractivity contribution in [3.8, 4) is 5.75 Å². The van der Waals surface area contributed by atoms with Crippen LogP contribution in [0.5, 0.6) is 5.75 Å². The molecule has 1 aromatic rings. The highest BCUT2D eigenvalue weighted by Crippen LogP contribution is 2.48. The Hall–Kier alpha value is -1.59. The van der Waals surface area contributed by atoms with Gasteiger partial charge in [-0.3, -0.25) is 4.79 Å². The molecule has 116 valence electrons. The first-order valence-electron chi connectivity index (χ1n) is 7.31. The van der Waals surface area contributed by atoms with Gasteiger partial charge in [-0.25, -0.2) is 0 Å². The molecule has 0 aromatic heterocycles. The summed E-state index contributed by atoms with van der Waals surface area (Å²) in [5, 5.41) is 6.11. The van der Waals surface area contributed by atoms with Gasteiger partial charge in [-0.05, 0) is 36.8 Å². The third kappa shape index (κ3) is 5.02. The quantitative estimate of drug-likeness (QED) is 0.731. The van der Waals surface area contributed by atoms with E-state index in [9.17, 15) is 4.79 Å². The number of hydrogen-bond donors (Lipinski definition) is 2. The van der Waals surface area contributed by atoms with Crippen molar-refractivity contribution >= 4 is 11.6 Å². The topological polar surface area (TPSA) is 59.6 Å². The average molecular weight is 292 g/mol. The summed E-state index contributed by atoms with van der Waals surface area (Å²) in [6.45, 7) is 1.99. The summed E-state index contributed by atoms with van der Waals surface area (Å²) in [4.78, 5) is 11.9. The van der Waals surface area contributed by atoms with Gasteiger partial charge in [0.25, 0.3) is 0 Å². The number of nitrogens with one attached hydrogen (secondary N) is 2. The number of carbonyl (C=O) groups excluding carboxylic acids is 1. The maximum absolute atomic E-state index is 11.9. The molecule has 2 N–H and O–H groups in total. The Balaban J connectivity index is 1.70. The molecule has 1 aromatic carbocycles. The number of ether oxygens (including phenoxy) is 2. The minimum absolute atomic E-state index is 0.0363. The largest absolute Gasteiger partial charge is 0.497 e. The lowest BCUT2D eigenvalue weighted by atomic mass is 10.0. The Morgan fingerprint density at radius 2 is 2.14 bits per heavy atom. The van der Waals surface area contributed by atoms with Crippen LogP contribution in [0.3, 0.4) is 0 Å². The molecule has 1 aliphatic carbocycles. The normalized spacial score (nSPS) is 15.5. The Labute approximate surface area is 126 Å². The molecule has 0 bridgehead atoms. The summed E-state index contributed by atoms with van der Waals surface area (Å²) in [7, 11) is 3.34. The Bertz CT molecular complexity index is 472. The summed E-state index contributed by atoms with van der Waals surface area (Å²) in [5.41, 5.74) is 1.10. The zero-order chi connectivity index (χ0) is 15.1. The van der Waals surface area contributed by atoms with E-state index in [1.165, 1.54) is 12.8 Å². The Kier molecular flexibility index (Phi) is 5.59. The first-order valence-corrected chi connectivity index (χ1v) is 7.31. The van der Waals surface area contributed by atoms with Crippen LogP contribution < -0.4 is 15.4 Å². The minimum Gasteiger partial charge on any atom is -0.497 e. The van der Waals surface area contributed by atoms with Crippen molar-refractivity contribution in [2.24, 2.45) is 5.41 Å². The van der Waals surface area contributed by atoms with E-state index >= 15 is 0 Å². The molecule has 0 atom stereocenters. The zero-order valence-corrected chi connectivity index (χ0v) is 12.8. The van der Waals surface area contributed by atoms with Crippen molar-refractivity contribution in [1.82, 2.24) is 5.32 Å². The van der Waals surface area contributed by atoms with Crippen LogP contribution in [0.1, 0.15) is 19.3 Å². The molecule has 1 aliphatic rings. The number of carbonyl (C=O) groups is 1. The van der Waals surface area contributed by atoms with Gasteiger partial charge in [0.05, 0.1) is 13.7 Å². The maximum Gasteiger partial charge on any atom is 0.238 e. The second kappa shape index (κ2) is 7.43. The number of methoxy groups -OCH3 is 2. The lowest BCUT2D eigenvalue weighted by Crippen LogP contribution is -2.32. The molecule has 1 amide bonds. The lowest BCUT2D eigenvalue weighted by molar-refractivity contribution is -0.115. The van der Waals surface area contributed by atoms with Gasteiger partial charge in [-0.1, -0.05) is 6.07 Å². The molecule has 0 saturated heterocycles. The van der Waals surface area contributed by atoms with Crippen LogP contribution in [0.15, 0.2) is 24.3 Å². The molecule has 0 aliphatic heterocycles. The van der Waals surface area contributed by atoms with Crippen molar-refractivity contribution in [3.63, 3.8) is 0 Å². The van der Waals surface area contributed by atoms with Crippen LogP contribution >= 0.6 is 0 Å². The maximum atomic E-state index is 11.9. The molecular weight excluding hydrogens is 268 g/mol. The number of benzene rings is 1. The fourth-order valence-corrected chi connectivity index (χ4v) is 2.36. The third-order valence-electron chi connectivity index (χ3n) is 3.93. The zero-order valence-electron chi connectivity index (χ0n) is 12.8. The number of hydrogen-bond acceptors (Lipinski definition) is 4. The Morgan fingerprint density at radius 1 is 1.33 bits per heavy atom.